The summed E-state index contributed by atoms with van der Waals surface area (Å²) in [5.41, 5.74) is 6.78. The fraction of sp³-hybridized carbons (Fsp3) is 0.867. The van der Waals surface area contributed by atoms with Crippen LogP contribution in [0.4, 0.5) is 0 Å². The molecule has 3 rings (SSSR count). The average molecular weight is 278 g/mol. The lowest BCUT2D eigenvalue weighted by Gasteiger charge is -2.38. The number of rotatable bonds is 5. The van der Waals surface area contributed by atoms with Crippen LogP contribution in [0.25, 0.3) is 0 Å². The molecule has 5 heteroatoms. The summed E-state index contributed by atoms with van der Waals surface area (Å²) >= 11 is 0. The van der Waals surface area contributed by atoms with Gasteiger partial charge in [0.25, 0.3) is 0 Å². The molecule has 1 spiro atoms. The number of unbranched alkanes of at least 4 members (excludes halogenated alkanes) is 1. The molecule has 1 saturated carbocycles. The Labute approximate surface area is 120 Å². The molecule has 0 aromatic carbocycles. The predicted molar refractivity (Wildman–Crippen MR) is 77.4 cm³/mol. The van der Waals surface area contributed by atoms with Gasteiger partial charge in [0.1, 0.15) is 0 Å². The molecule has 112 valence electrons. The van der Waals surface area contributed by atoms with Crippen molar-refractivity contribution in [3.8, 4) is 0 Å². The molecule has 0 radical (unpaired) electrons. The fourth-order valence-corrected chi connectivity index (χ4v) is 3.65. The lowest BCUT2D eigenvalue weighted by molar-refractivity contribution is -0.0911. The smallest absolute Gasteiger partial charge is 0.0827 e. The summed E-state index contributed by atoms with van der Waals surface area (Å²) in [5, 5.41) is 8.66. The summed E-state index contributed by atoms with van der Waals surface area (Å²) in [6.45, 7) is 1.63. The van der Waals surface area contributed by atoms with Crippen molar-refractivity contribution < 1.29 is 4.74 Å². The summed E-state index contributed by atoms with van der Waals surface area (Å²) in [6, 6.07) is 0.470. The SMILES string of the molecule is NCCCCc1cn(C2CCOC3(CCCC3)C2)nn1. The maximum Gasteiger partial charge on any atom is 0.0827 e. The first-order valence-electron chi connectivity index (χ1n) is 8.06. The van der Waals surface area contributed by atoms with Gasteiger partial charge in [-0.3, -0.25) is 0 Å². The van der Waals surface area contributed by atoms with E-state index < -0.39 is 0 Å². The minimum atomic E-state index is 0.147. The Hall–Kier alpha value is -0.940. The van der Waals surface area contributed by atoms with Gasteiger partial charge in [0.15, 0.2) is 0 Å². The maximum atomic E-state index is 6.09. The maximum absolute atomic E-state index is 6.09. The second-order valence-corrected chi connectivity index (χ2v) is 6.32. The van der Waals surface area contributed by atoms with Crippen LogP contribution < -0.4 is 5.73 Å². The van der Waals surface area contributed by atoms with Gasteiger partial charge in [0.05, 0.1) is 17.3 Å². The van der Waals surface area contributed by atoms with E-state index in [0.29, 0.717) is 6.04 Å². The van der Waals surface area contributed by atoms with Crippen molar-refractivity contribution in [1.29, 1.82) is 0 Å². The number of ether oxygens (including phenoxy) is 1. The Bertz CT molecular complexity index is 425. The first kappa shape index (κ1) is 14.0. The third-order valence-corrected chi connectivity index (χ3v) is 4.80. The van der Waals surface area contributed by atoms with Crippen molar-refractivity contribution in [3.63, 3.8) is 0 Å². The summed E-state index contributed by atoms with van der Waals surface area (Å²) in [5.74, 6) is 0. The third-order valence-electron chi connectivity index (χ3n) is 4.80. The first-order chi connectivity index (χ1) is 9.81. The summed E-state index contributed by atoms with van der Waals surface area (Å²) in [7, 11) is 0. The molecule has 1 unspecified atom stereocenters. The van der Waals surface area contributed by atoms with Crippen LogP contribution in [-0.4, -0.2) is 33.7 Å². The molecule has 2 aliphatic rings. The highest BCUT2D eigenvalue weighted by molar-refractivity contribution is 4.97. The van der Waals surface area contributed by atoms with E-state index in [9.17, 15) is 0 Å². The standard InChI is InChI=1S/C15H26N4O/c16-9-4-1-5-13-12-19(18-17-13)14-6-10-20-15(11-14)7-2-3-8-15/h12,14H,1-11,16H2. The minimum absolute atomic E-state index is 0.147. The van der Waals surface area contributed by atoms with Crippen molar-refractivity contribution >= 4 is 0 Å². The molecule has 2 heterocycles. The van der Waals surface area contributed by atoms with Gasteiger partial charge in [-0.2, -0.15) is 0 Å². The molecular formula is C15H26N4O. The molecule has 1 aliphatic heterocycles. The van der Waals surface area contributed by atoms with Gasteiger partial charge >= 0.3 is 0 Å². The highest BCUT2D eigenvalue weighted by Gasteiger charge is 2.40. The van der Waals surface area contributed by atoms with E-state index in [4.69, 9.17) is 10.5 Å². The molecule has 1 saturated heterocycles. The molecule has 5 nitrogen and oxygen atoms in total. The monoisotopic (exact) mass is 278 g/mol. The number of hydrogen-bond donors (Lipinski definition) is 1. The predicted octanol–water partition coefficient (Wildman–Crippen LogP) is 2.22. The fourth-order valence-electron chi connectivity index (χ4n) is 3.65. The number of aryl methyl sites for hydroxylation is 1. The minimum Gasteiger partial charge on any atom is -0.375 e. The van der Waals surface area contributed by atoms with Crippen molar-refractivity contribution in [3.05, 3.63) is 11.9 Å². The zero-order chi connectivity index (χ0) is 13.8. The van der Waals surface area contributed by atoms with Gasteiger partial charge in [-0.05, 0) is 51.5 Å². The third kappa shape index (κ3) is 3.04. The molecule has 1 aromatic heterocycles. The second-order valence-electron chi connectivity index (χ2n) is 6.32. The zero-order valence-electron chi connectivity index (χ0n) is 12.3. The average Bonchev–Trinajstić information content (AvgIpc) is 3.09. The molecule has 1 atom stereocenters. The van der Waals surface area contributed by atoms with Gasteiger partial charge in [0.2, 0.25) is 0 Å². The largest absolute Gasteiger partial charge is 0.375 e. The molecule has 0 amide bonds. The lowest BCUT2D eigenvalue weighted by atomic mass is 9.89. The molecule has 0 bridgehead atoms. The molecule has 1 aliphatic carbocycles. The Morgan fingerprint density at radius 1 is 1.35 bits per heavy atom. The molecule has 2 N–H and O–H groups in total. The molecule has 1 aromatic rings. The van der Waals surface area contributed by atoms with Crippen molar-refractivity contribution in [2.24, 2.45) is 5.73 Å². The van der Waals surface area contributed by atoms with Crippen molar-refractivity contribution in [2.75, 3.05) is 13.2 Å². The summed E-state index contributed by atoms with van der Waals surface area (Å²) < 4.78 is 8.17. The van der Waals surface area contributed by atoms with Gasteiger partial charge < -0.3 is 10.5 Å². The van der Waals surface area contributed by atoms with Gasteiger partial charge in [-0.15, -0.1) is 5.10 Å². The van der Waals surface area contributed by atoms with Crippen LogP contribution in [0.15, 0.2) is 6.20 Å². The van der Waals surface area contributed by atoms with Gasteiger partial charge in [0, 0.05) is 12.8 Å². The van der Waals surface area contributed by atoms with E-state index in [-0.39, 0.29) is 5.60 Å². The zero-order valence-corrected chi connectivity index (χ0v) is 12.3. The Balaban J connectivity index is 1.60. The van der Waals surface area contributed by atoms with E-state index >= 15 is 0 Å². The van der Waals surface area contributed by atoms with E-state index in [0.717, 1.165) is 50.9 Å². The van der Waals surface area contributed by atoms with Crippen LogP contribution >= 0.6 is 0 Å². The van der Waals surface area contributed by atoms with E-state index in [1.165, 1.54) is 25.7 Å². The molecule has 20 heavy (non-hydrogen) atoms. The topological polar surface area (TPSA) is 66.0 Å². The van der Waals surface area contributed by atoms with E-state index in [1.54, 1.807) is 0 Å². The normalized spacial score (nSPS) is 25.4. The Kier molecular flexibility index (Phi) is 4.36. The van der Waals surface area contributed by atoms with Crippen molar-refractivity contribution in [1.82, 2.24) is 15.0 Å². The number of nitrogens with two attached hydrogens (primary N) is 1. The second kappa shape index (κ2) is 6.22. The summed E-state index contributed by atoms with van der Waals surface area (Å²) in [6.07, 6.45) is 12.5. The molecule has 2 fully saturated rings. The number of nitrogens with zero attached hydrogens (tertiary/aromatic N) is 3. The van der Waals surface area contributed by atoms with E-state index in [2.05, 4.69) is 21.2 Å². The Morgan fingerprint density at radius 3 is 3.00 bits per heavy atom. The number of aromatic nitrogens is 3. The van der Waals surface area contributed by atoms with Crippen LogP contribution in [0, 0.1) is 0 Å². The quantitative estimate of drug-likeness (QED) is 0.839. The summed E-state index contributed by atoms with van der Waals surface area (Å²) in [4.78, 5) is 0. The van der Waals surface area contributed by atoms with Crippen LogP contribution in [0.1, 0.15) is 63.1 Å². The highest BCUT2D eigenvalue weighted by atomic mass is 16.5. The first-order valence-corrected chi connectivity index (χ1v) is 8.06. The van der Waals surface area contributed by atoms with Crippen LogP contribution in [0.3, 0.4) is 0 Å². The van der Waals surface area contributed by atoms with Crippen LogP contribution in [0.2, 0.25) is 0 Å². The van der Waals surface area contributed by atoms with Gasteiger partial charge in [-0.1, -0.05) is 18.1 Å². The Morgan fingerprint density at radius 2 is 2.20 bits per heavy atom. The van der Waals surface area contributed by atoms with E-state index in [1.807, 2.05) is 0 Å². The lowest BCUT2D eigenvalue weighted by Crippen LogP contribution is -2.38. The van der Waals surface area contributed by atoms with Crippen molar-refractivity contribution in [2.45, 2.75) is 69.4 Å². The molecular weight excluding hydrogens is 252 g/mol. The van der Waals surface area contributed by atoms with Crippen LogP contribution in [-0.2, 0) is 11.2 Å². The van der Waals surface area contributed by atoms with Gasteiger partial charge in [-0.25, -0.2) is 4.68 Å². The number of hydrogen-bond acceptors (Lipinski definition) is 4. The highest BCUT2D eigenvalue weighted by Crippen LogP contribution is 2.43. The van der Waals surface area contributed by atoms with Crippen LogP contribution in [0.5, 0.6) is 0 Å².